The molecule has 1 unspecified atom stereocenters. The molecule has 4 heteroatoms. The molecule has 0 aliphatic rings. The number of hydrogen-bond acceptors (Lipinski definition) is 3. The second kappa shape index (κ2) is 6.03. The average Bonchev–Trinajstić information content (AvgIpc) is 2.27. The van der Waals surface area contributed by atoms with Gasteiger partial charge in [0.1, 0.15) is 11.5 Å². The predicted octanol–water partition coefficient (Wildman–Crippen LogP) is 1.85. The Morgan fingerprint density at radius 1 is 1.41 bits per heavy atom. The van der Waals surface area contributed by atoms with Crippen LogP contribution in [0.4, 0.5) is 0 Å². The highest BCUT2D eigenvalue weighted by Gasteiger charge is 2.11. The van der Waals surface area contributed by atoms with E-state index in [9.17, 15) is 9.59 Å². The van der Waals surface area contributed by atoms with Crippen LogP contribution in [0.5, 0.6) is 5.75 Å². The van der Waals surface area contributed by atoms with Crippen molar-refractivity contribution in [3.8, 4) is 5.75 Å². The number of Topliss-reactive ketones (excluding diaryl/α,β-unsaturated/α-hetero) is 1. The Bertz CT molecular complexity index is 415. The van der Waals surface area contributed by atoms with Crippen LogP contribution in [-0.4, -0.2) is 18.8 Å². The zero-order valence-corrected chi connectivity index (χ0v) is 10.3. The average molecular weight is 235 g/mol. The Balaban J connectivity index is 2.65. The van der Waals surface area contributed by atoms with Crippen LogP contribution in [-0.2, 0) is 9.59 Å². The number of carbonyl (C=O) groups excluding carboxylic acids is 2. The third-order valence-electron chi connectivity index (χ3n) is 2.38. The standard InChI is InChI=1S/C13H17NO3/c1-9(15)7-13(16)14-10(2)11-5-4-6-12(8-11)17-3/h4-6,8,10H,7H2,1-3H3,(H,14,16). The van der Waals surface area contributed by atoms with Crippen LogP contribution in [0.25, 0.3) is 0 Å². The summed E-state index contributed by atoms with van der Waals surface area (Å²) in [4.78, 5) is 22.2. The van der Waals surface area contributed by atoms with Crippen LogP contribution < -0.4 is 10.1 Å². The molecule has 1 rings (SSSR count). The number of hydrogen-bond donors (Lipinski definition) is 1. The SMILES string of the molecule is COc1cccc(C(C)NC(=O)CC(C)=O)c1. The molecule has 4 nitrogen and oxygen atoms in total. The highest BCUT2D eigenvalue weighted by molar-refractivity contribution is 5.96. The topological polar surface area (TPSA) is 55.4 Å². The molecule has 0 aromatic heterocycles. The van der Waals surface area contributed by atoms with Crippen molar-refractivity contribution in [2.45, 2.75) is 26.3 Å². The summed E-state index contributed by atoms with van der Waals surface area (Å²) in [6, 6.07) is 7.33. The zero-order valence-electron chi connectivity index (χ0n) is 10.3. The second-order valence-electron chi connectivity index (χ2n) is 3.94. The van der Waals surface area contributed by atoms with E-state index in [-0.39, 0.29) is 24.2 Å². The number of rotatable bonds is 5. The molecule has 0 aliphatic heterocycles. The van der Waals surface area contributed by atoms with Gasteiger partial charge in [0.2, 0.25) is 5.91 Å². The van der Waals surface area contributed by atoms with Crippen LogP contribution in [0.15, 0.2) is 24.3 Å². The van der Waals surface area contributed by atoms with Gasteiger partial charge in [-0.3, -0.25) is 9.59 Å². The third-order valence-corrected chi connectivity index (χ3v) is 2.38. The van der Waals surface area contributed by atoms with Crippen LogP contribution >= 0.6 is 0 Å². The molecule has 1 N–H and O–H groups in total. The maximum Gasteiger partial charge on any atom is 0.227 e. The number of methoxy groups -OCH3 is 1. The minimum absolute atomic E-state index is 0.0751. The van der Waals surface area contributed by atoms with Crippen LogP contribution in [0.3, 0.4) is 0 Å². The van der Waals surface area contributed by atoms with Crippen molar-refractivity contribution in [3.63, 3.8) is 0 Å². The zero-order chi connectivity index (χ0) is 12.8. The van der Waals surface area contributed by atoms with E-state index in [1.165, 1.54) is 6.92 Å². The Labute approximate surface area is 101 Å². The summed E-state index contributed by atoms with van der Waals surface area (Å²) < 4.78 is 5.11. The summed E-state index contributed by atoms with van der Waals surface area (Å²) in [6.45, 7) is 3.27. The quantitative estimate of drug-likeness (QED) is 0.792. The van der Waals surface area contributed by atoms with E-state index < -0.39 is 0 Å². The maximum absolute atomic E-state index is 11.4. The van der Waals surface area contributed by atoms with Crippen LogP contribution in [0.1, 0.15) is 31.9 Å². The van der Waals surface area contributed by atoms with Crippen molar-refractivity contribution in [1.29, 1.82) is 0 Å². The minimum Gasteiger partial charge on any atom is -0.497 e. The lowest BCUT2D eigenvalue weighted by molar-refractivity contribution is -0.127. The fourth-order valence-corrected chi connectivity index (χ4v) is 1.51. The highest BCUT2D eigenvalue weighted by atomic mass is 16.5. The fraction of sp³-hybridized carbons (Fsp3) is 0.385. The number of carbonyl (C=O) groups is 2. The van der Waals surface area contributed by atoms with E-state index in [0.717, 1.165) is 11.3 Å². The van der Waals surface area contributed by atoms with E-state index in [4.69, 9.17) is 4.74 Å². The molecule has 0 radical (unpaired) electrons. The van der Waals surface area contributed by atoms with Crippen molar-refractivity contribution in [2.75, 3.05) is 7.11 Å². The summed E-state index contributed by atoms with van der Waals surface area (Å²) in [5, 5.41) is 2.76. The molecule has 1 aromatic rings. The third kappa shape index (κ3) is 4.26. The highest BCUT2D eigenvalue weighted by Crippen LogP contribution is 2.18. The number of ketones is 1. The van der Waals surface area contributed by atoms with Crippen LogP contribution in [0, 0.1) is 0 Å². The molecule has 0 heterocycles. The first-order valence-electron chi connectivity index (χ1n) is 5.45. The lowest BCUT2D eigenvalue weighted by atomic mass is 10.1. The van der Waals surface area contributed by atoms with Gasteiger partial charge in [-0.15, -0.1) is 0 Å². The van der Waals surface area contributed by atoms with Crippen molar-refractivity contribution >= 4 is 11.7 Å². The monoisotopic (exact) mass is 235 g/mol. The molecule has 92 valence electrons. The predicted molar refractivity (Wildman–Crippen MR) is 64.8 cm³/mol. The van der Waals surface area contributed by atoms with Crippen molar-refractivity contribution in [1.82, 2.24) is 5.32 Å². The largest absolute Gasteiger partial charge is 0.497 e. The van der Waals surface area contributed by atoms with Gasteiger partial charge in [-0.2, -0.15) is 0 Å². The second-order valence-corrected chi connectivity index (χ2v) is 3.94. The van der Waals surface area contributed by atoms with Crippen LogP contribution in [0.2, 0.25) is 0 Å². The smallest absolute Gasteiger partial charge is 0.227 e. The first-order valence-corrected chi connectivity index (χ1v) is 5.45. The molecule has 0 spiro atoms. The molecular weight excluding hydrogens is 218 g/mol. The molecule has 1 atom stereocenters. The first kappa shape index (κ1) is 13.2. The first-order chi connectivity index (χ1) is 8.02. The van der Waals surface area contributed by atoms with Gasteiger partial charge in [0.15, 0.2) is 0 Å². The maximum atomic E-state index is 11.4. The van der Waals surface area contributed by atoms with E-state index in [0.29, 0.717) is 0 Å². The van der Waals surface area contributed by atoms with E-state index in [1.807, 2.05) is 31.2 Å². The molecule has 0 bridgehead atoms. The van der Waals surface area contributed by atoms with Crippen molar-refractivity contribution in [2.24, 2.45) is 0 Å². The number of ether oxygens (including phenoxy) is 1. The van der Waals surface area contributed by atoms with Gasteiger partial charge in [-0.05, 0) is 31.5 Å². The Morgan fingerprint density at radius 3 is 2.71 bits per heavy atom. The van der Waals surface area contributed by atoms with Gasteiger partial charge in [0, 0.05) is 0 Å². The van der Waals surface area contributed by atoms with Gasteiger partial charge < -0.3 is 10.1 Å². The minimum atomic E-state index is -0.257. The van der Waals surface area contributed by atoms with Gasteiger partial charge >= 0.3 is 0 Å². The fourth-order valence-electron chi connectivity index (χ4n) is 1.51. The van der Waals surface area contributed by atoms with Gasteiger partial charge in [-0.25, -0.2) is 0 Å². The molecular formula is C13H17NO3. The molecule has 1 aromatic carbocycles. The number of amides is 1. The van der Waals surface area contributed by atoms with Gasteiger partial charge in [0.05, 0.1) is 19.6 Å². The van der Waals surface area contributed by atoms with E-state index >= 15 is 0 Å². The Morgan fingerprint density at radius 2 is 2.12 bits per heavy atom. The van der Waals surface area contributed by atoms with Crippen molar-refractivity contribution < 1.29 is 14.3 Å². The molecule has 0 saturated carbocycles. The lowest BCUT2D eigenvalue weighted by Gasteiger charge is -2.14. The Kier molecular flexibility index (Phi) is 4.69. The molecule has 0 fully saturated rings. The molecule has 0 aliphatic carbocycles. The molecule has 17 heavy (non-hydrogen) atoms. The van der Waals surface area contributed by atoms with E-state index in [1.54, 1.807) is 7.11 Å². The van der Waals surface area contributed by atoms with Crippen molar-refractivity contribution in [3.05, 3.63) is 29.8 Å². The summed E-state index contributed by atoms with van der Waals surface area (Å²) in [7, 11) is 1.60. The summed E-state index contributed by atoms with van der Waals surface area (Å²) in [6.07, 6.45) is -0.0751. The molecule has 1 amide bonds. The lowest BCUT2D eigenvalue weighted by Crippen LogP contribution is -2.27. The number of nitrogens with one attached hydrogen (secondary N) is 1. The summed E-state index contributed by atoms with van der Waals surface area (Å²) in [5.74, 6) is 0.350. The van der Waals surface area contributed by atoms with Gasteiger partial charge in [0.25, 0.3) is 0 Å². The normalized spacial score (nSPS) is 11.7. The Hall–Kier alpha value is -1.84. The summed E-state index contributed by atoms with van der Waals surface area (Å²) in [5.41, 5.74) is 0.946. The molecule has 0 saturated heterocycles. The number of benzene rings is 1. The summed E-state index contributed by atoms with van der Waals surface area (Å²) >= 11 is 0. The van der Waals surface area contributed by atoms with E-state index in [2.05, 4.69) is 5.32 Å². The van der Waals surface area contributed by atoms with Gasteiger partial charge in [-0.1, -0.05) is 12.1 Å².